The van der Waals surface area contributed by atoms with Crippen LogP contribution in [-0.2, 0) is 6.42 Å². The molecule has 0 saturated heterocycles. The molecule has 0 fully saturated rings. The van der Waals surface area contributed by atoms with Crippen molar-refractivity contribution in [3.8, 4) is 17.2 Å². The van der Waals surface area contributed by atoms with E-state index in [9.17, 15) is 9.90 Å². The van der Waals surface area contributed by atoms with Crippen molar-refractivity contribution in [2.24, 2.45) is 4.99 Å². The van der Waals surface area contributed by atoms with Gasteiger partial charge in [-0.15, -0.1) is 0 Å². The Morgan fingerprint density at radius 3 is 2.80 bits per heavy atom. The number of fused-ring (bicyclic) bond motifs is 1. The Morgan fingerprint density at radius 1 is 1.32 bits per heavy atom. The lowest BCUT2D eigenvalue weighted by Gasteiger charge is -2.17. The number of nitrogens with zero attached hydrogens (tertiary/aromatic N) is 1. The molecule has 0 saturated carbocycles. The molecule has 2 aromatic carbocycles. The summed E-state index contributed by atoms with van der Waals surface area (Å²) in [5.74, 6) is 1.06. The summed E-state index contributed by atoms with van der Waals surface area (Å²) in [5.41, 5.74) is 1.80. The SMILES string of the molecule is CNC(=O)Oc1ccc(/N=C/c2ccccc2O)c2c1OC(C)(C)C2. The first-order valence-corrected chi connectivity index (χ1v) is 7.96. The van der Waals surface area contributed by atoms with Crippen LogP contribution in [0.4, 0.5) is 10.5 Å². The van der Waals surface area contributed by atoms with Crippen molar-refractivity contribution < 1.29 is 19.4 Å². The quantitative estimate of drug-likeness (QED) is 0.837. The molecule has 130 valence electrons. The molecule has 2 aromatic rings. The molecular weight excluding hydrogens is 320 g/mol. The van der Waals surface area contributed by atoms with Gasteiger partial charge in [0.1, 0.15) is 11.4 Å². The van der Waals surface area contributed by atoms with Crippen LogP contribution in [0.2, 0.25) is 0 Å². The van der Waals surface area contributed by atoms with Crippen molar-refractivity contribution in [3.05, 3.63) is 47.5 Å². The fraction of sp³-hybridized carbons (Fsp3) is 0.263. The molecule has 1 aliphatic rings. The van der Waals surface area contributed by atoms with Crippen molar-refractivity contribution in [2.75, 3.05) is 7.05 Å². The van der Waals surface area contributed by atoms with Crippen molar-refractivity contribution in [1.29, 1.82) is 0 Å². The average molecular weight is 340 g/mol. The van der Waals surface area contributed by atoms with Crippen LogP contribution in [0, 0.1) is 0 Å². The van der Waals surface area contributed by atoms with Gasteiger partial charge in [0.05, 0.1) is 5.69 Å². The maximum atomic E-state index is 11.5. The zero-order chi connectivity index (χ0) is 18.0. The van der Waals surface area contributed by atoms with E-state index in [4.69, 9.17) is 9.47 Å². The van der Waals surface area contributed by atoms with Crippen LogP contribution in [0.25, 0.3) is 0 Å². The Bertz CT molecular complexity index is 843. The van der Waals surface area contributed by atoms with E-state index in [1.54, 1.807) is 36.5 Å². The number of aromatic hydroxyl groups is 1. The highest BCUT2D eigenvalue weighted by Crippen LogP contribution is 2.46. The molecule has 1 amide bonds. The number of amides is 1. The number of phenols is 1. The normalized spacial score (nSPS) is 14.8. The average Bonchev–Trinajstić information content (AvgIpc) is 2.91. The molecule has 1 heterocycles. The first kappa shape index (κ1) is 16.8. The number of phenolic OH excluding ortho intramolecular Hbond substituents is 1. The number of para-hydroxylation sites is 1. The van der Waals surface area contributed by atoms with Crippen molar-refractivity contribution >= 4 is 18.0 Å². The van der Waals surface area contributed by atoms with Crippen LogP contribution in [-0.4, -0.2) is 30.1 Å². The van der Waals surface area contributed by atoms with Gasteiger partial charge in [0, 0.05) is 30.8 Å². The number of carbonyl (C=O) groups is 1. The van der Waals surface area contributed by atoms with E-state index in [1.807, 2.05) is 19.9 Å². The molecule has 2 N–H and O–H groups in total. The van der Waals surface area contributed by atoms with E-state index in [1.165, 1.54) is 7.05 Å². The lowest BCUT2D eigenvalue weighted by molar-refractivity contribution is 0.133. The number of aliphatic imine (C=N–C) groups is 1. The maximum absolute atomic E-state index is 11.5. The third kappa shape index (κ3) is 3.57. The fourth-order valence-corrected chi connectivity index (χ4v) is 2.70. The molecule has 0 unspecified atom stereocenters. The highest BCUT2D eigenvalue weighted by molar-refractivity contribution is 5.86. The lowest BCUT2D eigenvalue weighted by Crippen LogP contribution is -2.25. The molecule has 0 aliphatic carbocycles. The number of benzene rings is 2. The molecule has 3 rings (SSSR count). The standard InChI is InChI=1S/C19H20N2O4/c1-19(2)10-13-14(21-11-12-6-4-5-7-15(12)22)8-9-16(17(13)25-19)24-18(23)20-3/h4-9,11,22H,10H2,1-3H3,(H,20,23)/b21-11+. The molecule has 0 atom stereocenters. The van der Waals surface area contributed by atoms with Gasteiger partial charge in [-0.3, -0.25) is 4.99 Å². The molecule has 0 aromatic heterocycles. The summed E-state index contributed by atoms with van der Waals surface area (Å²) in [7, 11) is 1.50. The number of rotatable bonds is 3. The van der Waals surface area contributed by atoms with Gasteiger partial charge in [-0.05, 0) is 38.1 Å². The Hall–Kier alpha value is -3.02. The van der Waals surface area contributed by atoms with E-state index in [0.717, 1.165) is 5.56 Å². The van der Waals surface area contributed by atoms with E-state index in [2.05, 4.69) is 10.3 Å². The maximum Gasteiger partial charge on any atom is 0.412 e. The number of ether oxygens (including phenoxy) is 2. The first-order chi connectivity index (χ1) is 11.9. The molecular formula is C19H20N2O4. The van der Waals surface area contributed by atoms with E-state index in [0.29, 0.717) is 29.2 Å². The van der Waals surface area contributed by atoms with Gasteiger partial charge in [-0.25, -0.2) is 4.79 Å². The minimum atomic E-state index is -0.555. The number of hydrogen-bond acceptors (Lipinski definition) is 5. The Balaban J connectivity index is 1.98. The second kappa shape index (κ2) is 6.47. The summed E-state index contributed by atoms with van der Waals surface area (Å²) in [6.07, 6.45) is 1.69. The smallest absolute Gasteiger partial charge is 0.412 e. The topological polar surface area (TPSA) is 80.2 Å². The van der Waals surface area contributed by atoms with Crippen LogP contribution in [0.1, 0.15) is 25.0 Å². The molecule has 0 spiro atoms. The predicted octanol–water partition coefficient (Wildman–Crippen LogP) is 3.57. The van der Waals surface area contributed by atoms with Crippen LogP contribution in [0.15, 0.2) is 41.4 Å². The van der Waals surface area contributed by atoms with Crippen molar-refractivity contribution in [3.63, 3.8) is 0 Å². The molecule has 0 bridgehead atoms. The Labute approximate surface area is 146 Å². The van der Waals surface area contributed by atoms with Crippen LogP contribution >= 0.6 is 0 Å². The Morgan fingerprint density at radius 2 is 2.08 bits per heavy atom. The minimum absolute atomic E-state index is 0.166. The van der Waals surface area contributed by atoms with Gasteiger partial charge in [0.2, 0.25) is 0 Å². The van der Waals surface area contributed by atoms with Gasteiger partial charge in [0.15, 0.2) is 11.5 Å². The number of hydrogen-bond donors (Lipinski definition) is 2. The minimum Gasteiger partial charge on any atom is -0.507 e. The Kier molecular flexibility index (Phi) is 4.35. The lowest BCUT2D eigenvalue weighted by atomic mass is 10.00. The van der Waals surface area contributed by atoms with Crippen molar-refractivity contribution in [1.82, 2.24) is 5.32 Å². The summed E-state index contributed by atoms with van der Waals surface area (Å²) in [6.45, 7) is 3.93. The van der Waals surface area contributed by atoms with E-state index < -0.39 is 11.7 Å². The summed E-state index contributed by atoms with van der Waals surface area (Å²) < 4.78 is 11.2. The van der Waals surface area contributed by atoms with Gasteiger partial charge in [-0.1, -0.05) is 12.1 Å². The molecule has 6 heteroatoms. The predicted molar refractivity (Wildman–Crippen MR) is 95.3 cm³/mol. The van der Waals surface area contributed by atoms with Gasteiger partial charge >= 0.3 is 6.09 Å². The number of carbonyl (C=O) groups excluding carboxylic acids is 1. The van der Waals surface area contributed by atoms with E-state index >= 15 is 0 Å². The van der Waals surface area contributed by atoms with E-state index in [-0.39, 0.29) is 5.75 Å². The summed E-state index contributed by atoms with van der Waals surface area (Å²) in [4.78, 5) is 16.0. The summed E-state index contributed by atoms with van der Waals surface area (Å²) in [6, 6.07) is 10.4. The zero-order valence-corrected chi connectivity index (χ0v) is 14.4. The first-order valence-electron chi connectivity index (χ1n) is 7.96. The fourth-order valence-electron chi connectivity index (χ4n) is 2.70. The number of nitrogens with one attached hydrogen (secondary N) is 1. The monoisotopic (exact) mass is 340 g/mol. The second-order valence-electron chi connectivity index (χ2n) is 6.39. The van der Waals surface area contributed by atoms with Gasteiger partial charge in [-0.2, -0.15) is 0 Å². The summed E-state index contributed by atoms with van der Waals surface area (Å²) >= 11 is 0. The molecule has 1 aliphatic heterocycles. The highest BCUT2D eigenvalue weighted by Gasteiger charge is 2.35. The van der Waals surface area contributed by atoms with Crippen LogP contribution in [0.3, 0.4) is 0 Å². The third-order valence-corrected chi connectivity index (χ3v) is 3.87. The highest BCUT2D eigenvalue weighted by atomic mass is 16.6. The van der Waals surface area contributed by atoms with Crippen LogP contribution < -0.4 is 14.8 Å². The molecule has 25 heavy (non-hydrogen) atoms. The summed E-state index contributed by atoms with van der Waals surface area (Å²) in [5, 5.41) is 12.3. The van der Waals surface area contributed by atoms with Crippen molar-refractivity contribution in [2.45, 2.75) is 25.9 Å². The van der Waals surface area contributed by atoms with Crippen LogP contribution in [0.5, 0.6) is 17.2 Å². The third-order valence-electron chi connectivity index (χ3n) is 3.87. The second-order valence-corrected chi connectivity index (χ2v) is 6.39. The molecule has 0 radical (unpaired) electrons. The van der Waals surface area contributed by atoms with Gasteiger partial charge < -0.3 is 19.9 Å². The van der Waals surface area contributed by atoms with Gasteiger partial charge in [0.25, 0.3) is 0 Å². The zero-order valence-electron chi connectivity index (χ0n) is 14.4. The largest absolute Gasteiger partial charge is 0.507 e. The molecule has 6 nitrogen and oxygen atoms in total.